The second-order valence-electron chi connectivity index (χ2n) is 8.17. The number of hydrazone groups is 1. The molecule has 1 aromatic carbocycles. The summed E-state index contributed by atoms with van der Waals surface area (Å²) in [6, 6.07) is 7.54. The van der Waals surface area contributed by atoms with Gasteiger partial charge >= 0.3 is 6.09 Å². The van der Waals surface area contributed by atoms with Gasteiger partial charge in [0.2, 0.25) is 0 Å². The summed E-state index contributed by atoms with van der Waals surface area (Å²) in [5, 5.41) is 5.14. The molecule has 1 aliphatic heterocycles. The highest BCUT2D eigenvalue weighted by molar-refractivity contribution is 6.18. The molecular weight excluding hydrogens is 369 g/mol. The molecule has 0 aromatic heterocycles. The minimum atomic E-state index is -0.170. The molecular formula is C20H32BN5O3. The standard InChI is InChI=1S/C20H32BN5O3/c1-2-28-19(27)25-10-7-15(8-11-25)20(21)13-16(20)9-12-29-18-5-3-17(4-6-18)26(23)14-24-22/h3-6,14-16H,2,7-13,21-23H2,1H3/b24-14-/t16?,20-/m0/s1. The highest BCUT2D eigenvalue weighted by Crippen LogP contribution is 2.66. The monoisotopic (exact) mass is 401 g/mol. The molecule has 1 saturated heterocycles. The minimum absolute atomic E-state index is 0.170. The molecule has 9 heteroatoms. The average Bonchev–Trinajstić information content (AvgIpc) is 3.40. The Kier molecular flexibility index (Phi) is 6.89. The number of piperidine rings is 1. The summed E-state index contributed by atoms with van der Waals surface area (Å²) in [6.07, 6.45) is 5.61. The molecule has 1 unspecified atom stereocenters. The van der Waals surface area contributed by atoms with Crippen molar-refractivity contribution in [3.63, 3.8) is 0 Å². The van der Waals surface area contributed by atoms with E-state index in [9.17, 15) is 4.79 Å². The summed E-state index contributed by atoms with van der Waals surface area (Å²) in [5.74, 6) is 13.1. The van der Waals surface area contributed by atoms with E-state index in [1.807, 2.05) is 36.1 Å². The first-order chi connectivity index (χ1) is 14.0. The van der Waals surface area contributed by atoms with E-state index in [0.29, 0.717) is 30.4 Å². The Labute approximate surface area is 173 Å². The number of hydrogen-bond acceptors (Lipinski definition) is 6. The third-order valence-corrected chi connectivity index (χ3v) is 6.47. The first-order valence-corrected chi connectivity index (χ1v) is 10.4. The van der Waals surface area contributed by atoms with E-state index in [1.54, 1.807) is 0 Å². The van der Waals surface area contributed by atoms with Gasteiger partial charge in [0.15, 0.2) is 0 Å². The van der Waals surface area contributed by atoms with Gasteiger partial charge in [-0.15, -0.1) is 0 Å². The van der Waals surface area contributed by atoms with Crippen molar-refractivity contribution in [1.29, 1.82) is 0 Å². The predicted molar refractivity (Wildman–Crippen MR) is 117 cm³/mol. The van der Waals surface area contributed by atoms with Gasteiger partial charge in [-0.1, -0.05) is 11.7 Å². The number of nitrogens with two attached hydrogens (primary N) is 2. The minimum Gasteiger partial charge on any atom is -0.494 e. The van der Waals surface area contributed by atoms with Crippen molar-refractivity contribution in [3.8, 4) is 5.75 Å². The van der Waals surface area contributed by atoms with Crippen LogP contribution < -0.4 is 21.4 Å². The molecule has 8 nitrogen and oxygen atoms in total. The summed E-state index contributed by atoms with van der Waals surface area (Å²) in [5.41, 5.74) is 0.787. The Morgan fingerprint density at radius 3 is 2.69 bits per heavy atom. The van der Waals surface area contributed by atoms with Crippen LogP contribution in [0.25, 0.3) is 0 Å². The first kappa shape index (κ1) is 21.3. The van der Waals surface area contributed by atoms with Gasteiger partial charge in [-0.3, -0.25) is 5.01 Å². The summed E-state index contributed by atoms with van der Waals surface area (Å²) >= 11 is 0. The second-order valence-corrected chi connectivity index (χ2v) is 8.17. The zero-order chi connectivity index (χ0) is 20.9. The average molecular weight is 401 g/mol. The van der Waals surface area contributed by atoms with Crippen molar-refractivity contribution in [2.24, 2.45) is 28.6 Å². The molecule has 3 rings (SSSR count). The third-order valence-electron chi connectivity index (χ3n) is 6.47. The number of benzene rings is 1. The third kappa shape index (κ3) is 5.15. The number of hydrazine groups is 1. The van der Waals surface area contributed by atoms with Crippen LogP contribution >= 0.6 is 0 Å². The van der Waals surface area contributed by atoms with Crippen LogP contribution in [0.3, 0.4) is 0 Å². The number of rotatable bonds is 8. The normalized spacial score (nSPS) is 24.5. The van der Waals surface area contributed by atoms with E-state index in [2.05, 4.69) is 12.9 Å². The van der Waals surface area contributed by atoms with Crippen molar-refractivity contribution in [3.05, 3.63) is 24.3 Å². The molecule has 1 amide bonds. The molecule has 0 spiro atoms. The van der Waals surface area contributed by atoms with E-state index in [0.717, 1.165) is 43.8 Å². The number of ether oxygens (including phenoxy) is 2. The maximum Gasteiger partial charge on any atom is 0.409 e. The van der Waals surface area contributed by atoms with Crippen LogP contribution in [0.1, 0.15) is 32.6 Å². The molecule has 158 valence electrons. The van der Waals surface area contributed by atoms with Crippen molar-refractivity contribution in [1.82, 2.24) is 4.90 Å². The lowest BCUT2D eigenvalue weighted by Gasteiger charge is -2.35. The van der Waals surface area contributed by atoms with Crippen LogP contribution in [0, 0.1) is 11.8 Å². The molecule has 1 aromatic rings. The van der Waals surface area contributed by atoms with Gasteiger partial charge in [-0.25, -0.2) is 10.6 Å². The Morgan fingerprint density at radius 1 is 1.38 bits per heavy atom. The van der Waals surface area contributed by atoms with Crippen molar-refractivity contribution < 1.29 is 14.3 Å². The fourth-order valence-corrected chi connectivity index (χ4v) is 4.51. The van der Waals surface area contributed by atoms with Crippen molar-refractivity contribution >= 4 is 26.0 Å². The number of nitrogens with zero attached hydrogens (tertiary/aromatic N) is 3. The van der Waals surface area contributed by atoms with E-state index < -0.39 is 0 Å². The summed E-state index contributed by atoms with van der Waals surface area (Å²) < 4.78 is 11.0. The molecule has 4 N–H and O–H groups in total. The lowest BCUT2D eigenvalue weighted by molar-refractivity contribution is 0.0895. The molecule has 1 heterocycles. The van der Waals surface area contributed by atoms with Crippen LogP contribution in [-0.2, 0) is 4.74 Å². The van der Waals surface area contributed by atoms with E-state index >= 15 is 0 Å². The number of anilines is 1. The van der Waals surface area contributed by atoms with E-state index in [4.69, 9.17) is 21.2 Å². The molecule has 2 atom stereocenters. The number of carbonyl (C=O) groups excluding carboxylic acids is 1. The van der Waals surface area contributed by atoms with Gasteiger partial charge in [-0.05, 0) is 62.3 Å². The number of amides is 1. The topological polar surface area (TPSA) is 106 Å². The first-order valence-electron chi connectivity index (χ1n) is 10.4. The Balaban J connectivity index is 1.39. The van der Waals surface area contributed by atoms with Crippen LogP contribution in [0.2, 0.25) is 5.31 Å². The van der Waals surface area contributed by atoms with E-state index in [-0.39, 0.29) is 6.09 Å². The smallest absolute Gasteiger partial charge is 0.409 e. The van der Waals surface area contributed by atoms with Crippen LogP contribution in [0.4, 0.5) is 10.5 Å². The van der Waals surface area contributed by atoms with Gasteiger partial charge in [0.05, 0.1) is 18.9 Å². The maximum atomic E-state index is 11.9. The highest BCUT2D eigenvalue weighted by Gasteiger charge is 2.54. The Hall–Kier alpha value is -2.42. The second kappa shape index (κ2) is 9.39. The van der Waals surface area contributed by atoms with Gasteiger partial charge in [0, 0.05) is 13.1 Å². The number of carbonyl (C=O) groups is 1. The van der Waals surface area contributed by atoms with Gasteiger partial charge < -0.3 is 20.2 Å². The van der Waals surface area contributed by atoms with Gasteiger partial charge in [-0.2, -0.15) is 5.10 Å². The van der Waals surface area contributed by atoms with Crippen LogP contribution in [-0.4, -0.2) is 51.5 Å². The van der Waals surface area contributed by atoms with Crippen molar-refractivity contribution in [2.75, 3.05) is 31.3 Å². The molecule has 2 aliphatic rings. The van der Waals surface area contributed by atoms with E-state index in [1.165, 1.54) is 17.8 Å². The molecule has 2 fully saturated rings. The lowest BCUT2D eigenvalue weighted by atomic mass is 9.67. The SMILES string of the molecule is B[C@]1(C2CCN(C(=O)OCC)CC2)CC1CCOc1ccc(N(N)/C=N\N)cc1. The Bertz CT molecular complexity index is 709. The molecule has 0 bridgehead atoms. The Morgan fingerprint density at radius 2 is 2.07 bits per heavy atom. The zero-order valence-electron chi connectivity index (χ0n) is 17.4. The molecule has 1 saturated carbocycles. The summed E-state index contributed by atoms with van der Waals surface area (Å²) in [7, 11) is 2.39. The van der Waals surface area contributed by atoms with Crippen LogP contribution in [0.15, 0.2) is 29.4 Å². The molecule has 1 aliphatic carbocycles. The van der Waals surface area contributed by atoms with Gasteiger partial charge in [0.25, 0.3) is 0 Å². The van der Waals surface area contributed by atoms with Crippen LogP contribution in [0.5, 0.6) is 5.75 Å². The molecule has 0 radical (unpaired) electrons. The largest absolute Gasteiger partial charge is 0.494 e. The fourth-order valence-electron chi connectivity index (χ4n) is 4.51. The molecule has 29 heavy (non-hydrogen) atoms. The maximum absolute atomic E-state index is 11.9. The summed E-state index contributed by atoms with van der Waals surface area (Å²) in [4.78, 5) is 13.7. The quantitative estimate of drug-likeness (QED) is 0.226. The fraction of sp³-hybridized carbons (Fsp3) is 0.600. The number of likely N-dealkylation sites (tertiary alicyclic amines) is 1. The lowest BCUT2D eigenvalue weighted by Crippen LogP contribution is -2.40. The zero-order valence-corrected chi connectivity index (χ0v) is 17.4. The van der Waals surface area contributed by atoms with Crippen molar-refractivity contribution in [2.45, 2.75) is 37.9 Å². The number of hydrogen-bond donors (Lipinski definition) is 2. The highest BCUT2D eigenvalue weighted by atomic mass is 16.6. The van der Waals surface area contributed by atoms with Gasteiger partial charge in [0.1, 0.15) is 19.9 Å². The summed E-state index contributed by atoms with van der Waals surface area (Å²) in [6.45, 7) is 4.61. The predicted octanol–water partition coefficient (Wildman–Crippen LogP) is 1.72.